The minimum atomic E-state index is -0.146. The van der Waals surface area contributed by atoms with Gasteiger partial charge in [0, 0.05) is 38.3 Å². The summed E-state index contributed by atoms with van der Waals surface area (Å²) < 4.78 is 2.39. The van der Waals surface area contributed by atoms with Gasteiger partial charge < -0.3 is 9.67 Å². The minimum Gasteiger partial charge on any atom is -0.392 e. The molecule has 1 aromatic carbocycles. The lowest BCUT2D eigenvalue weighted by molar-refractivity contribution is 0.0504. The van der Waals surface area contributed by atoms with Crippen molar-refractivity contribution in [1.82, 2.24) is 19.4 Å². The number of hydrogen-bond donors (Lipinski definition) is 1. The molecule has 2 aromatic rings. The second kappa shape index (κ2) is 6.47. The van der Waals surface area contributed by atoms with Crippen molar-refractivity contribution in [1.29, 1.82) is 0 Å². The van der Waals surface area contributed by atoms with Crippen molar-refractivity contribution >= 4 is 11.0 Å². The van der Waals surface area contributed by atoms with E-state index in [-0.39, 0.29) is 6.10 Å². The quantitative estimate of drug-likeness (QED) is 0.933. The van der Waals surface area contributed by atoms with E-state index < -0.39 is 0 Å². The third-order valence-electron chi connectivity index (χ3n) is 5.60. The van der Waals surface area contributed by atoms with Gasteiger partial charge in [0.2, 0.25) is 0 Å². The zero-order valence-corrected chi connectivity index (χ0v) is 14.7. The maximum absolute atomic E-state index is 9.95. The van der Waals surface area contributed by atoms with Crippen LogP contribution in [0.4, 0.5) is 0 Å². The van der Waals surface area contributed by atoms with Crippen LogP contribution >= 0.6 is 0 Å². The fourth-order valence-electron chi connectivity index (χ4n) is 4.40. The molecule has 1 aromatic heterocycles. The van der Waals surface area contributed by atoms with Gasteiger partial charge in [-0.25, -0.2) is 4.98 Å². The number of imidazole rings is 1. The van der Waals surface area contributed by atoms with E-state index >= 15 is 0 Å². The predicted molar refractivity (Wildman–Crippen MR) is 95.9 cm³/mol. The van der Waals surface area contributed by atoms with Crippen molar-refractivity contribution in [2.75, 3.05) is 19.6 Å². The summed E-state index contributed by atoms with van der Waals surface area (Å²) in [6.07, 6.45) is 1.88. The third kappa shape index (κ3) is 2.85. The molecule has 1 unspecified atom stereocenters. The zero-order valence-electron chi connectivity index (χ0n) is 14.7. The first-order chi connectivity index (χ1) is 11.7. The van der Waals surface area contributed by atoms with Gasteiger partial charge >= 0.3 is 0 Å². The molecule has 3 heterocycles. The Morgan fingerprint density at radius 2 is 2.04 bits per heavy atom. The number of fused-ring (bicyclic) bond motifs is 2. The summed E-state index contributed by atoms with van der Waals surface area (Å²) in [5.74, 6) is 1.18. The highest BCUT2D eigenvalue weighted by Gasteiger charge is 2.38. The highest BCUT2D eigenvalue weighted by molar-refractivity contribution is 5.75. The smallest absolute Gasteiger partial charge is 0.124 e. The molecule has 2 aliphatic rings. The van der Waals surface area contributed by atoms with Crippen molar-refractivity contribution in [2.24, 2.45) is 0 Å². The lowest BCUT2D eigenvalue weighted by Gasteiger charge is -2.42. The van der Waals surface area contributed by atoms with E-state index in [1.807, 2.05) is 0 Å². The van der Waals surface area contributed by atoms with Crippen molar-refractivity contribution in [2.45, 2.75) is 58.0 Å². The molecule has 0 aliphatic carbocycles. The molecule has 5 heteroatoms. The molecule has 0 bridgehead atoms. The van der Waals surface area contributed by atoms with Crippen LogP contribution in [0.3, 0.4) is 0 Å². The normalized spacial score (nSPS) is 28.5. The fraction of sp³-hybridized carbons (Fsp3) is 0.632. The molecule has 2 aliphatic heterocycles. The predicted octanol–water partition coefficient (Wildman–Crippen LogP) is 2.09. The van der Waals surface area contributed by atoms with Crippen LogP contribution in [0.2, 0.25) is 0 Å². The van der Waals surface area contributed by atoms with Crippen molar-refractivity contribution in [3.05, 3.63) is 30.1 Å². The van der Waals surface area contributed by atoms with Crippen LogP contribution in [0.1, 0.15) is 32.5 Å². The summed E-state index contributed by atoms with van der Waals surface area (Å²) in [7, 11) is 0. The highest BCUT2D eigenvalue weighted by Crippen LogP contribution is 2.27. The molecule has 1 N–H and O–H groups in total. The maximum atomic E-state index is 9.95. The summed E-state index contributed by atoms with van der Waals surface area (Å²) >= 11 is 0. The number of rotatable bonds is 4. The van der Waals surface area contributed by atoms with Crippen LogP contribution in [0, 0.1) is 0 Å². The number of aromatic nitrogens is 2. The summed E-state index contributed by atoms with van der Waals surface area (Å²) in [6.45, 7) is 9.37. The number of aryl methyl sites for hydroxylation is 1. The SMILES string of the molecule is CCCn1c(CN2CC3C[C@@H](O)CN3C[C@@H]2C)nc2ccccc21. The largest absolute Gasteiger partial charge is 0.392 e. The Kier molecular flexibility index (Phi) is 4.33. The highest BCUT2D eigenvalue weighted by atomic mass is 16.3. The first-order valence-corrected chi connectivity index (χ1v) is 9.26. The Balaban J connectivity index is 1.58. The van der Waals surface area contributed by atoms with E-state index in [2.05, 4.69) is 52.5 Å². The minimum absolute atomic E-state index is 0.146. The van der Waals surface area contributed by atoms with Crippen LogP contribution in [0.5, 0.6) is 0 Å². The molecule has 2 fully saturated rings. The van der Waals surface area contributed by atoms with E-state index in [9.17, 15) is 5.11 Å². The van der Waals surface area contributed by atoms with Gasteiger partial charge in [-0.2, -0.15) is 0 Å². The Morgan fingerprint density at radius 1 is 1.21 bits per heavy atom. The maximum Gasteiger partial charge on any atom is 0.124 e. The third-order valence-corrected chi connectivity index (χ3v) is 5.60. The molecular formula is C19H28N4O. The Morgan fingerprint density at radius 3 is 2.88 bits per heavy atom. The van der Waals surface area contributed by atoms with Gasteiger partial charge in [-0.3, -0.25) is 9.80 Å². The van der Waals surface area contributed by atoms with Crippen molar-refractivity contribution in [3.8, 4) is 0 Å². The summed E-state index contributed by atoms with van der Waals surface area (Å²) in [5, 5.41) is 9.95. The number of benzene rings is 1. The van der Waals surface area contributed by atoms with Crippen molar-refractivity contribution < 1.29 is 5.11 Å². The molecule has 5 nitrogen and oxygen atoms in total. The summed E-state index contributed by atoms with van der Waals surface area (Å²) in [4.78, 5) is 9.93. The van der Waals surface area contributed by atoms with Gasteiger partial charge in [-0.15, -0.1) is 0 Å². The molecule has 3 atom stereocenters. The Bertz CT molecular complexity index is 712. The van der Waals surface area contributed by atoms with Crippen LogP contribution in [0.25, 0.3) is 11.0 Å². The first kappa shape index (κ1) is 16.1. The molecule has 0 radical (unpaired) electrons. The van der Waals surface area contributed by atoms with Crippen LogP contribution < -0.4 is 0 Å². The van der Waals surface area contributed by atoms with Crippen LogP contribution in [-0.2, 0) is 13.1 Å². The number of para-hydroxylation sites is 2. The van der Waals surface area contributed by atoms with Gasteiger partial charge in [0.1, 0.15) is 5.82 Å². The fourth-order valence-corrected chi connectivity index (χ4v) is 4.40. The molecule has 0 amide bonds. The average molecular weight is 328 g/mol. The molecular weight excluding hydrogens is 300 g/mol. The van der Waals surface area contributed by atoms with Gasteiger partial charge in [0.15, 0.2) is 0 Å². The van der Waals surface area contributed by atoms with Gasteiger partial charge in [-0.1, -0.05) is 19.1 Å². The zero-order chi connectivity index (χ0) is 16.7. The molecule has 0 saturated carbocycles. The molecule has 2 saturated heterocycles. The van der Waals surface area contributed by atoms with Gasteiger partial charge in [0.05, 0.1) is 23.7 Å². The van der Waals surface area contributed by atoms with E-state index in [0.717, 1.165) is 51.1 Å². The first-order valence-electron chi connectivity index (χ1n) is 9.26. The number of hydrogen-bond acceptors (Lipinski definition) is 4. The standard InChI is InChI=1S/C19H28N4O/c1-3-8-23-18-7-5-4-6-17(18)20-19(23)13-21-11-15-9-16(24)12-22(15)10-14(21)2/h4-7,14-16,24H,3,8-13H2,1-2H3/t14-,15?,16+/m0/s1. The van der Waals surface area contributed by atoms with E-state index in [0.29, 0.717) is 12.1 Å². The lowest BCUT2D eigenvalue weighted by atomic mass is 10.1. The number of aliphatic hydroxyl groups is 1. The van der Waals surface area contributed by atoms with E-state index in [4.69, 9.17) is 4.98 Å². The number of aliphatic hydroxyl groups excluding tert-OH is 1. The monoisotopic (exact) mass is 328 g/mol. The molecule has 24 heavy (non-hydrogen) atoms. The van der Waals surface area contributed by atoms with E-state index in [1.54, 1.807) is 0 Å². The second-order valence-corrected chi connectivity index (χ2v) is 7.44. The average Bonchev–Trinajstić information content (AvgIpc) is 3.08. The van der Waals surface area contributed by atoms with Gasteiger partial charge in [-0.05, 0) is 31.9 Å². The molecule has 4 rings (SSSR count). The molecule has 130 valence electrons. The van der Waals surface area contributed by atoms with Crippen LogP contribution in [-0.4, -0.2) is 62.3 Å². The second-order valence-electron chi connectivity index (χ2n) is 7.44. The summed E-state index contributed by atoms with van der Waals surface area (Å²) in [5.41, 5.74) is 2.35. The lowest BCUT2D eigenvalue weighted by Crippen LogP contribution is -2.54. The Labute approximate surface area is 143 Å². The van der Waals surface area contributed by atoms with Crippen LogP contribution in [0.15, 0.2) is 24.3 Å². The summed E-state index contributed by atoms with van der Waals surface area (Å²) in [6, 6.07) is 9.45. The Hall–Kier alpha value is -1.43. The number of nitrogens with zero attached hydrogens (tertiary/aromatic N) is 4. The topological polar surface area (TPSA) is 44.5 Å². The number of piperazine rings is 1. The molecule has 0 spiro atoms. The van der Waals surface area contributed by atoms with E-state index in [1.165, 1.54) is 11.3 Å². The van der Waals surface area contributed by atoms with Gasteiger partial charge in [0.25, 0.3) is 0 Å². The van der Waals surface area contributed by atoms with Crippen molar-refractivity contribution in [3.63, 3.8) is 0 Å².